The molecule has 0 radical (unpaired) electrons. The summed E-state index contributed by atoms with van der Waals surface area (Å²) in [5.41, 5.74) is -0.465. The third kappa shape index (κ3) is 3.61. The first-order chi connectivity index (χ1) is 8.87. The van der Waals surface area contributed by atoms with Gasteiger partial charge < -0.3 is 14.5 Å². The topological polar surface area (TPSA) is 49.9 Å². The molecule has 108 valence electrons. The van der Waals surface area contributed by atoms with Crippen LogP contribution in [0.4, 0.5) is 4.79 Å². The number of ether oxygens (including phenoxy) is 1. The van der Waals surface area contributed by atoms with Gasteiger partial charge in [0.25, 0.3) is 0 Å². The summed E-state index contributed by atoms with van der Waals surface area (Å²) in [6, 6.07) is 0.177. The van der Waals surface area contributed by atoms with Gasteiger partial charge in [0.05, 0.1) is 0 Å². The normalized spacial score (nSPS) is 24.8. The highest BCUT2D eigenvalue weighted by Gasteiger charge is 2.34. The van der Waals surface area contributed by atoms with Crippen LogP contribution in [-0.4, -0.2) is 53.1 Å². The molecule has 1 atom stereocenters. The molecule has 2 heterocycles. The molecule has 0 unspecified atom stereocenters. The number of amides is 2. The fourth-order valence-corrected chi connectivity index (χ4v) is 2.76. The van der Waals surface area contributed by atoms with Crippen molar-refractivity contribution in [2.24, 2.45) is 0 Å². The minimum atomic E-state index is -0.465. The first-order valence-corrected chi connectivity index (χ1v) is 7.14. The highest BCUT2D eigenvalue weighted by atomic mass is 16.6. The molecule has 0 spiro atoms. The molecule has 0 aromatic heterocycles. The standard InChI is InChI=1S/C14H24N2O3/c1-14(2,3)19-13(18)15-8-4-6-11(10-15)16-9-5-7-12(16)17/h11H,4-10H2,1-3H3/t11-/m1/s1. The predicted octanol–water partition coefficient (Wildman–Crippen LogP) is 2.01. The molecule has 0 aromatic rings. The fourth-order valence-electron chi connectivity index (χ4n) is 2.76. The summed E-state index contributed by atoms with van der Waals surface area (Å²) < 4.78 is 5.40. The van der Waals surface area contributed by atoms with Gasteiger partial charge in [-0.15, -0.1) is 0 Å². The number of piperidine rings is 1. The molecule has 19 heavy (non-hydrogen) atoms. The lowest BCUT2D eigenvalue weighted by Gasteiger charge is -2.38. The van der Waals surface area contributed by atoms with Crippen LogP contribution in [0.25, 0.3) is 0 Å². The van der Waals surface area contributed by atoms with E-state index in [1.807, 2.05) is 25.7 Å². The lowest BCUT2D eigenvalue weighted by molar-refractivity contribution is -0.130. The summed E-state index contributed by atoms with van der Waals surface area (Å²) in [6.07, 6.45) is 3.27. The van der Waals surface area contributed by atoms with Gasteiger partial charge >= 0.3 is 6.09 Å². The number of nitrogens with zero attached hydrogens (tertiary/aromatic N) is 2. The van der Waals surface area contributed by atoms with E-state index in [1.165, 1.54) is 0 Å². The van der Waals surface area contributed by atoms with Crippen LogP contribution in [0.15, 0.2) is 0 Å². The summed E-state index contributed by atoms with van der Waals surface area (Å²) in [5.74, 6) is 0.232. The van der Waals surface area contributed by atoms with Gasteiger partial charge in [0.15, 0.2) is 0 Å². The number of rotatable bonds is 1. The van der Waals surface area contributed by atoms with Crippen molar-refractivity contribution in [1.82, 2.24) is 9.80 Å². The number of carbonyl (C=O) groups is 2. The number of likely N-dealkylation sites (tertiary alicyclic amines) is 2. The molecular weight excluding hydrogens is 244 g/mol. The summed E-state index contributed by atoms with van der Waals surface area (Å²) in [5, 5.41) is 0. The summed E-state index contributed by atoms with van der Waals surface area (Å²) >= 11 is 0. The van der Waals surface area contributed by atoms with Gasteiger partial charge in [0.2, 0.25) is 5.91 Å². The largest absolute Gasteiger partial charge is 0.444 e. The Morgan fingerprint density at radius 2 is 2.00 bits per heavy atom. The predicted molar refractivity (Wildman–Crippen MR) is 71.8 cm³/mol. The van der Waals surface area contributed by atoms with E-state index in [2.05, 4.69) is 0 Å². The van der Waals surface area contributed by atoms with E-state index >= 15 is 0 Å². The van der Waals surface area contributed by atoms with Crippen molar-refractivity contribution < 1.29 is 14.3 Å². The Hall–Kier alpha value is -1.26. The van der Waals surface area contributed by atoms with Gasteiger partial charge in [0, 0.05) is 32.1 Å². The molecule has 5 heteroatoms. The van der Waals surface area contributed by atoms with E-state index in [1.54, 1.807) is 4.90 Å². The van der Waals surface area contributed by atoms with Crippen LogP contribution in [0.5, 0.6) is 0 Å². The molecule has 0 saturated carbocycles. The highest BCUT2D eigenvalue weighted by molar-refractivity contribution is 5.78. The zero-order valence-electron chi connectivity index (χ0n) is 12.1. The minimum absolute atomic E-state index is 0.177. The van der Waals surface area contributed by atoms with Crippen LogP contribution in [0, 0.1) is 0 Å². The van der Waals surface area contributed by atoms with Gasteiger partial charge in [-0.05, 0) is 40.0 Å². The van der Waals surface area contributed by atoms with Crippen molar-refractivity contribution in [3.05, 3.63) is 0 Å². The first kappa shape index (κ1) is 14.2. The average Bonchev–Trinajstić information content (AvgIpc) is 2.73. The summed E-state index contributed by atoms with van der Waals surface area (Å²) in [6.45, 7) is 7.79. The van der Waals surface area contributed by atoms with Crippen LogP contribution in [0.1, 0.15) is 46.5 Å². The third-order valence-corrected chi connectivity index (χ3v) is 3.60. The summed E-state index contributed by atoms with van der Waals surface area (Å²) in [7, 11) is 0. The van der Waals surface area contributed by atoms with Crippen molar-refractivity contribution in [3.63, 3.8) is 0 Å². The molecule has 0 aromatic carbocycles. The molecule has 0 aliphatic carbocycles. The zero-order chi connectivity index (χ0) is 14.0. The molecule has 0 bridgehead atoms. The van der Waals surface area contributed by atoms with Gasteiger partial charge in [-0.1, -0.05) is 0 Å². The van der Waals surface area contributed by atoms with Crippen LogP contribution in [0.2, 0.25) is 0 Å². The summed E-state index contributed by atoms with van der Waals surface area (Å²) in [4.78, 5) is 27.5. The second-order valence-electron chi connectivity index (χ2n) is 6.41. The molecule has 5 nitrogen and oxygen atoms in total. The molecule has 2 fully saturated rings. The van der Waals surface area contributed by atoms with Gasteiger partial charge in [0.1, 0.15) is 5.60 Å². The van der Waals surface area contributed by atoms with Gasteiger partial charge in [-0.3, -0.25) is 4.79 Å². The number of hydrogen-bond acceptors (Lipinski definition) is 3. The van der Waals surface area contributed by atoms with Crippen molar-refractivity contribution in [2.45, 2.75) is 58.1 Å². The molecule has 2 saturated heterocycles. The Kier molecular flexibility index (Phi) is 4.02. The van der Waals surface area contributed by atoms with Crippen LogP contribution >= 0.6 is 0 Å². The van der Waals surface area contributed by atoms with Crippen LogP contribution in [0.3, 0.4) is 0 Å². The zero-order valence-corrected chi connectivity index (χ0v) is 12.1. The third-order valence-electron chi connectivity index (χ3n) is 3.60. The average molecular weight is 268 g/mol. The maximum absolute atomic E-state index is 12.1. The Morgan fingerprint density at radius 1 is 1.26 bits per heavy atom. The van der Waals surface area contributed by atoms with Gasteiger partial charge in [-0.25, -0.2) is 4.79 Å². The van der Waals surface area contributed by atoms with E-state index < -0.39 is 5.60 Å². The second-order valence-corrected chi connectivity index (χ2v) is 6.41. The van der Waals surface area contributed by atoms with E-state index in [9.17, 15) is 9.59 Å². The monoisotopic (exact) mass is 268 g/mol. The Labute approximate surface area is 114 Å². The van der Waals surface area contributed by atoms with Crippen molar-refractivity contribution in [2.75, 3.05) is 19.6 Å². The molecular formula is C14H24N2O3. The highest BCUT2D eigenvalue weighted by Crippen LogP contribution is 2.22. The molecule has 2 rings (SSSR count). The van der Waals surface area contributed by atoms with E-state index in [0.717, 1.165) is 32.4 Å². The van der Waals surface area contributed by atoms with Crippen molar-refractivity contribution in [1.29, 1.82) is 0 Å². The molecule has 0 N–H and O–H groups in total. The van der Waals surface area contributed by atoms with Crippen LogP contribution in [-0.2, 0) is 9.53 Å². The Balaban J connectivity index is 1.93. The first-order valence-electron chi connectivity index (χ1n) is 7.14. The minimum Gasteiger partial charge on any atom is -0.444 e. The number of carbonyl (C=O) groups excluding carboxylic acids is 2. The Bertz CT molecular complexity index is 362. The van der Waals surface area contributed by atoms with E-state index in [0.29, 0.717) is 13.0 Å². The lowest BCUT2D eigenvalue weighted by Crippen LogP contribution is -2.51. The van der Waals surface area contributed by atoms with Gasteiger partial charge in [-0.2, -0.15) is 0 Å². The quantitative estimate of drug-likeness (QED) is 0.731. The molecule has 2 aliphatic rings. The fraction of sp³-hybridized carbons (Fsp3) is 0.857. The lowest BCUT2D eigenvalue weighted by atomic mass is 10.0. The Morgan fingerprint density at radius 3 is 2.58 bits per heavy atom. The molecule has 2 aliphatic heterocycles. The van der Waals surface area contributed by atoms with Crippen molar-refractivity contribution >= 4 is 12.0 Å². The number of hydrogen-bond donors (Lipinski definition) is 0. The van der Waals surface area contributed by atoms with E-state index in [4.69, 9.17) is 4.74 Å². The maximum atomic E-state index is 12.1. The van der Waals surface area contributed by atoms with E-state index in [-0.39, 0.29) is 18.0 Å². The molecule has 2 amide bonds. The van der Waals surface area contributed by atoms with Crippen LogP contribution < -0.4 is 0 Å². The maximum Gasteiger partial charge on any atom is 0.410 e. The second kappa shape index (κ2) is 5.39. The smallest absolute Gasteiger partial charge is 0.410 e. The SMILES string of the molecule is CC(C)(C)OC(=O)N1CCC[C@@H](N2CCCC2=O)C1. The van der Waals surface area contributed by atoms with Crippen molar-refractivity contribution in [3.8, 4) is 0 Å².